The number of nitrogens with zero attached hydrogens (tertiary/aromatic N) is 3. The minimum absolute atomic E-state index is 0.0486. The minimum atomic E-state index is -0.551. The predicted molar refractivity (Wildman–Crippen MR) is 67.2 cm³/mol. The summed E-state index contributed by atoms with van der Waals surface area (Å²) >= 11 is 5.85. The van der Waals surface area contributed by atoms with Crippen molar-refractivity contribution >= 4 is 17.5 Å². The van der Waals surface area contributed by atoms with E-state index < -0.39 is 5.82 Å². The fraction of sp³-hybridized carbons (Fsp3) is 0.500. The Balaban J connectivity index is 2.23. The summed E-state index contributed by atoms with van der Waals surface area (Å²) < 4.78 is 13.1. The average Bonchev–Trinajstić information content (AvgIpc) is 2.31. The van der Waals surface area contributed by atoms with Crippen molar-refractivity contribution < 1.29 is 9.18 Å². The molecule has 6 heteroatoms. The molecule has 0 N–H and O–H groups in total. The van der Waals surface area contributed by atoms with Gasteiger partial charge in [-0.25, -0.2) is 9.37 Å². The maximum atomic E-state index is 13.1. The molecule has 1 aromatic rings. The normalized spacial score (nSPS) is 21.1. The molecule has 1 unspecified atom stereocenters. The number of halogens is 2. The number of carbonyl (C=O) groups is 1. The average molecular weight is 272 g/mol. The molecule has 0 spiro atoms. The van der Waals surface area contributed by atoms with Crippen LogP contribution in [0.15, 0.2) is 12.3 Å². The van der Waals surface area contributed by atoms with Crippen molar-refractivity contribution in [3.05, 3.63) is 28.8 Å². The highest BCUT2D eigenvalue weighted by atomic mass is 35.5. The van der Waals surface area contributed by atoms with Gasteiger partial charge in [0.05, 0.1) is 11.8 Å². The summed E-state index contributed by atoms with van der Waals surface area (Å²) in [6, 6.07) is 1.22. The van der Waals surface area contributed by atoms with Crippen LogP contribution >= 0.6 is 11.6 Å². The Morgan fingerprint density at radius 1 is 1.56 bits per heavy atom. The molecule has 4 nitrogen and oxygen atoms in total. The van der Waals surface area contributed by atoms with Gasteiger partial charge in [-0.2, -0.15) is 0 Å². The second-order valence-corrected chi connectivity index (χ2v) is 4.96. The van der Waals surface area contributed by atoms with Crippen molar-refractivity contribution in [2.45, 2.75) is 13.0 Å². The highest BCUT2D eigenvalue weighted by molar-refractivity contribution is 6.32. The molecule has 0 bridgehead atoms. The van der Waals surface area contributed by atoms with Gasteiger partial charge >= 0.3 is 0 Å². The number of piperazine rings is 1. The number of hydrogen-bond donors (Lipinski definition) is 0. The molecule has 1 aromatic heterocycles. The molecular formula is C12H15ClFN3O. The SMILES string of the molecule is CC1CN(C)CCN1C(=O)c1cc(F)cnc1Cl. The molecular weight excluding hydrogens is 257 g/mol. The number of carbonyl (C=O) groups excluding carboxylic acids is 1. The number of rotatable bonds is 1. The van der Waals surface area contributed by atoms with Crippen LogP contribution < -0.4 is 0 Å². The summed E-state index contributed by atoms with van der Waals surface area (Å²) in [4.78, 5) is 19.8. The van der Waals surface area contributed by atoms with Crippen LogP contribution in [0.1, 0.15) is 17.3 Å². The van der Waals surface area contributed by atoms with Crippen LogP contribution in [0.4, 0.5) is 4.39 Å². The Morgan fingerprint density at radius 3 is 2.94 bits per heavy atom. The van der Waals surface area contributed by atoms with Crippen molar-refractivity contribution in [2.24, 2.45) is 0 Å². The zero-order valence-electron chi connectivity index (χ0n) is 10.4. The third-order valence-electron chi connectivity index (χ3n) is 3.13. The first-order valence-electron chi connectivity index (χ1n) is 5.79. The topological polar surface area (TPSA) is 36.4 Å². The van der Waals surface area contributed by atoms with E-state index in [0.717, 1.165) is 25.4 Å². The van der Waals surface area contributed by atoms with Crippen molar-refractivity contribution in [3.63, 3.8) is 0 Å². The van der Waals surface area contributed by atoms with Crippen LogP contribution in [-0.2, 0) is 0 Å². The Morgan fingerprint density at radius 2 is 2.28 bits per heavy atom. The number of amides is 1. The summed E-state index contributed by atoms with van der Waals surface area (Å²) in [6.07, 6.45) is 1.01. The predicted octanol–water partition coefficient (Wildman–Crippen LogP) is 1.65. The number of pyridine rings is 1. The highest BCUT2D eigenvalue weighted by Gasteiger charge is 2.28. The van der Waals surface area contributed by atoms with Gasteiger partial charge in [0, 0.05) is 25.7 Å². The van der Waals surface area contributed by atoms with Crippen molar-refractivity contribution in [1.29, 1.82) is 0 Å². The van der Waals surface area contributed by atoms with Crippen LogP contribution in [0.3, 0.4) is 0 Å². The molecule has 1 aliphatic rings. The Bertz CT molecular complexity index is 469. The summed E-state index contributed by atoms with van der Waals surface area (Å²) in [6.45, 7) is 4.18. The van der Waals surface area contributed by atoms with Crippen LogP contribution in [0.2, 0.25) is 5.15 Å². The van der Waals surface area contributed by atoms with Gasteiger partial charge in [0.1, 0.15) is 11.0 Å². The molecule has 2 heterocycles. The molecule has 1 amide bonds. The Hall–Kier alpha value is -1.20. The quantitative estimate of drug-likeness (QED) is 0.729. The minimum Gasteiger partial charge on any atom is -0.333 e. The first-order chi connectivity index (χ1) is 8.49. The van der Waals surface area contributed by atoms with Gasteiger partial charge in [-0.05, 0) is 20.0 Å². The Labute approximate surface area is 110 Å². The van der Waals surface area contributed by atoms with Crippen molar-refractivity contribution in [1.82, 2.24) is 14.8 Å². The van der Waals surface area contributed by atoms with Crippen molar-refractivity contribution in [2.75, 3.05) is 26.7 Å². The highest BCUT2D eigenvalue weighted by Crippen LogP contribution is 2.19. The van der Waals surface area contributed by atoms with Gasteiger partial charge in [0.25, 0.3) is 5.91 Å². The summed E-state index contributed by atoms with van der Waals surface area (Å²) in [5.41, 5.74) is 0.132. The molecule has 1 atom stereocenters. The van der Waals surface area contributed by atoms with E-state index in [4.69, 9.17) is 11.6 Å². The van der Waals surface area contributed by atoms with Crippen LogP contribution in [0.25, 0.3) is 0 Å². The standard InChI is InChI=1S/C12H15ClFN3O/c1-8-7-16(2)3-4-17(8)12(18)10-5-9(14)6-15-11(10)13/h5-6,8H,3-4,7H2,1-2H3. The monoisotopic (exact) mass is 271 g/mol. The molecule has 98 valence electrons. The number of likely N-dealkylation sites (N-methyl/N-ethyl adjacent to an activating group) is 1. The molecule has 1 aliphatic heterocycles. The largest absolute Gasteiger partial charge is 0.333 e. The Kier molecular flexibility index (Phi) is 3.82. The molecule has 2 rings (SSSR count). The van der Waals surface area contributed by atoms with Gasteiger partial charge in [-0.15, -0.1) is 0 Å². The fourth-order valence-electron chi connectivity index (χ4n) is 2.17. The third-order valence-corrected chi connectivity index (χ3v) is 3.43. The fourth-order valence-corrected chi connectivity index (χ4v) is 2.35. The lowest BCUT2D eigenvalue weighted by molar-refractivity contribution is 0.0533. The van der Waals surface area contributed by atoms with Gasteiger partial charge in [-0.1, -0.05) is 11.6 Å². The van der Waals surface area contributed by atoms with Crippen LogP contribution in [-0.4, -0.2) is 53.4 Å². The molecule has 1 fully saturated rings. The molecule has 0 aliphatic carbocycles. The van der Waals surface area contributed by atoms with Gasteiger partial charge < -0.3 is 9.80 Å². The first-order valence-corrected chi connectivity index (χ1v) is 6.17. The summed E-state index contributed by atoms with van der Waals surface area (Å²) in [7, 11) is 2.01. The van der Waals surface area contributed by atoms with Gasteiger partial charge in [0.15, 0.2) is 0 Å². The van der Waals surface area contributed by atoms with Gasteiger partial charge in [0.2, 0.25) is 0 Å². The molecule has 0 saturated carbocycles. The molecule has 1 saturated heterocycles. The van der Waals surface area contributed by atoms with E-state index in [1.807, 2.05) is 14.0 Å². The van der Waals surface area contributed by atoms with Crippen LogP contribution in [0, 0.1) is 5.82 Å². The molecule has 18 heavy (non-hydrogen) atoms. The lowest BCUT2D eigenvalue weighted by Gasteiger charge is -2.38. The first kappa shape index (κ1) is 13.2. The summed E-state index contributed by atoms with van der Waals surface area (Å²) in [5, 5.41) is 0.0486. The number of aromatic nitrogens is 1. The van der Waals surface area contributed by atoms with E-state index in [2.05, 4.69) is 9.88 Å². The lowest BCUT2D eigenvalue weighted by atomic mass is 10.1. The van der Waals surface area contributed by atoms with E-state index in [-0.39, 0.29) is 22.7 Å². The molecule has 0 aromatic carbocycles. The van der Waals surface area contributed by atoms with Crippen LogP contribution in [0.5, 0.6) is 0 Å². The maximum absolute atomic E-state index is 13.1. The smallest absolute Gasteiger partial charge is 0.257 e. The third kappa shape index (κ3) is 2.62. The second-order valence-electron chi connectivity index (χ2n) is 4.60. The van der Waals surface area contributed by atoms with E-state index in [1.54, 1.807) is 4.90 Å². The summed E-state index contributed by atoms with van der Waals surface area (Å²) in [5.74, 6) is -0.808. The van der Waals surface area contributed by atoms with E-state index >= 15 is 0 Å². The van der Waals surface area contributed by atoms with E-state index in [1.165, 1.54) is 0 Å². The van der Waals surface area contributed by atoms with Crippen molar-refractivity contribution in [3.8, 4) is 0 Å². The second kappa shape index (κ2) is 5.20. The van der Waals surface area contributed by atoms with E-state index in [0.29, 0.717) is 6.54 Å². The van der Waals surface area contributed by atoms with E-state index in [9.17, 15) is 9.18 Å². The zero-order chi connectivity index (χ0) is 13.3. The van der Waals surface area contributed by atoms with Gasteiger partial charge in [-0.3, -0.25) is 4.79 Å². The molecule has 0 radical (unpaired) electrons. The number of hydrogen-bond acceptors (Lipinski definition) is 3. The lowest BCUT2D eigenvalue weighted by Crippen LogP contribution is -2.52. The maximum Gasteiger partial charge on any atom is 0.257 e. The zero-order valence-corrected chi connectivity index (χ0v) is 11.1.